The molecule has 0 atom stereocenters. The molecule has 1 aromatic heterocycles. The van der Waals surface area contributed by atoms with E-state index in [2.05, 4.69) is 40.9 Å². The number of carbonyl (C=O) groups excluding carboxylic acids is 1. The first kappa shape index (κ1) is 22.1. The fourth-order valence-corrected chi connectivity index (χ4v) is 4.14. The number of nitrogens with one attached hydrogen (secondary N) is 1. The van der Waals surface area contributed by atoms with E-state index >= 15 is 0 Å². The molecular weight excluding hydrogens is 400 g/mol. The number of aromatic nitrogens is 3. The molecule has 2 aromatic carbocycles. The van der Waals surface area contributed by atoms with Gasteiger partial charge in [0, 0.05) is 24.2 Å². The van der Waals surface area contributed by atoms with Crippen LogP contribution in [-0.4, -0.2) is 27.3 Å². The van der Waals surface area contributed by atoms with Crippen LogP contribution in [-0.2, 0) is 23.2 Å². The molecule has 1 N–H and O–H groups in total. The number of aryl methyl sites for hydroxylation is 2. The smallest absolute Gasteiger partial charge is 0.262 e. The Morgan fingerprint density at radius 1 is 1.09 bits per heavy atom. The zero-order valence-corrected chi connectivity index (χ0v) is 19.4. The minimum absolute atomic E-state index is 0.0446. The first-order valence-electron chi connectivity index (χ1n) is 11.4. The molecule has 0 fully saturated rings. The van der Waals surface area contributed by atoms with Gasteiger partial charge in [0.1, 0.15) is 11.6 Å². The monoisotopic (exact) mass is 432 g/mol. The third kappa shape index (κ3) is 4.85. The highest BCUT2D eigenvalue weighted by Gasteiger charge is 2.20. The van der Waals surface area contributed by atoms with Gasteiger partial charge in [0.05, 0.1) is 0 Å². The number of hydrogen-bond donors (Lipinski definition) is 1. The third-order valence-corrected chi connectivity index (χ3v) is 5.93. The standard InChI is InChI=1S/C26H32N4O2/c1-18-13-14-19(25-29-28-23-12-6-5-9-15-30(23)25)16-21(18)27-24(31)17-32-22-11-8-7-10-20(22)26(2,3)4/h7-8,10-11,13-14,16H,5-6,9,12,15,17H2,1-4H3,(H,27,31). The summed E-state index contributed by atoms with van der Waals surface area (Å²) in [5.41, 5.74) is 3.75. The summed E-state index contributed by atoms with van der Waals surface area (Å²) in [6.45, 7) is 9.28. The molecular formula is C26H32N4O2. The van der Waals surface area contributed by atoms with Crippen molar-refractivity contribution in [1.29, 1.82) is 0 Å². The Morgan fingerprint density at radius 2 is 1.91 bits per heavy atom. The summed E-state index contributed by atoms with van der Waals surface area (Å²) in [6, 6.07) is 13.9. The van der Waals surface area contributed by atoms with Gasteiger partial charge in [-0.15, -0.1) is 10.2 Å². The lowest BCUT2D eigenvalue weighted by molar-refractivity contribution is -0.118. The van der Waals surface area contributed by atoms with Crippen molar-refractivity contribution in [3.05, 3.63) is 59.4 Å². The van der Waals surface area contributed by atoms with E-state index in [1.54, 1.807) is 0 Å². The van der Waals surface area contributed by atoms with Crippen molar-refractivity contribution in [3.63, 3.8) is 0 Å². The van der Waals surface area contributed by atoms with E-state index in [1.165, 1.54) is 6.42 Å². The van der Waals surface area contributed by atoms with E-state index in [0.29, 0.717) is 0 Å². The fraction of sp³-hybridized carbons (Fsp3) is 0.423. The maximum absolute atomic E-state index is 12.7. The molecule has 0 radical (unpaired) electrons. The number of nitrogens with zero attached hydrogens (tertiary/aromatic N) is 3. The highest BCUT2D eigenvalue weighted by molar-refractivity contribution is 5.93. The minimum Gasteiger partial charge on any atom is -0.483 e. The van der Waals surface area contributed by atoms with Crippen LogP contribution in [0.1, 0.15) is 57.0 Å². The van der Waals surface area contributed by atoms with Gasteiger partial charge in [0.15, 0.2) is 12.4 Å². The van der Waals surface area contributed by atoms with Crippen molar-refractivity contribution in [2.75, 3.05) is 11.9 Å². The normalized spacial score (nSPS) is 13.9. The Kier molecular flexibility index (Phi) is 6.31. The molecule has 6 heteroatoms. The zero-order valence-electron chi connectivity index (χ0n) is 19.4. The number of para-hydroxylation sites is 1. The van der Waals surface area contributed by atoms with Gasteiger partial charge < -0.3 is 14.6 Å². The molecule has 1 aliphatic heterocycles. The summed E-state index contributed by atoms with van der Waals surface area (Å²) in [5.74, 6) is 2.48. The highest BCUT2D eigenvalue weighted by atomic mass is 16.5. The number of anilines is 1. The van der Waals surface area contributed by atoms with Gasteiger partial charge in [0.25, 0.3) is 5.91 Å². The van der Waals surface area contributed by atoms with Gasteiger partial charge in [-0.3, -0.25) is 4.79 Å². The molecule has 1 amide bonds. The lowest BCUT2D eigenvalue weighted by Gasteiger charge is -2.22. The van der Waals surface area contributed by atoms with Crippen LogP contribution in [0.15, 0.2) is 42.5 Å². The van der Waals surface area contributed by atoms with Crippen LogP contribution < -0.4 is 10.1 Å². The highest BCUT2D eigenvalue weighted by Crippen LogP contribution is 2.31. The summed E-state index contributed by atoms with van der Waals surface area (Å²) in [4.78, 5) is 12.7. The molecule has 0 saturated heterocycles. The average molecular weight is 433 g/mol. The van der Waals surface area contributed by atoms with Gasteiger partial charge in [0.2, 0.25) is 0 Å². The van der Waals surface area contributed by atoms with Gasteiger partial charge in [-0.2, -0.15) is 0 Å². The Balaban J connectivity index is 1.49. The van der Waals surface area contributed by atoms with E-state index in [1.807, 2.05) is 49.4 Å². The number of hydrogen-bond acceptors (Lipinski definition) is 4. The van der Waals surface area contributed by atoms with Gasteiger partial charge in [-0.25, -0.2) is 0 Å². The molecule has 0 unspecified atom stereocenters. The van der Waals surface area contributed by atoms with Crippen molar-refractivity contribution in [2.24, 2.45) is 0 Å². The molecule has 0 bridgehead atoms. The number of amides is 1. The first-order valence-corrected chi connectivity index (χ1v) is 11.4. The second kappa shape index (κ2) is 9.15. The first-order chi connectivity index (χ1) is 15.3. The van der Waals surface area contributed by atoms with E-state index in [-0.39, 0.29) is 17.9 Å². The molecule has 32 heavy (non-hydrogen) atoms. The average Bonchev–Trinajstić information content (AvgIpc) is 3.01. The van der Waals surface area contributed by atoms with Crippen LogP contribution in [0.2, 0.25) is 0 Å². The van der Waals surface area contributed by atoms with Crippen LogP contribution in [0.5, 0.6) is 5.75 Å². The van der Waals surface area contributed by atoms with Crippen molar-refractivity contribution in [3.8, 4) is 17.1 Å². The molecule has 2 heterocycles. The molecule has 0 spiro atoms. The maximum atomic E-state index is 12.7. The van der Waals surface area contributed by atoms with Crippen molar-refractivity contribution in [1.82, 2.24) is 14.8 Å². The summed E-state index contributed by atoms with van der Waals surface area (Å²) in [7, 11) is 0. The maximum Gasteiger partial charge on any atom is 0.262 e. The molecule has 0 saturated carbocycles. The van der Waals surface area contributed by atoms with E-state index in [4.69, 9.17) is 4.74 Å². The van der Waals surface area contributed by atoms with Gasteiger partial charge >= 0.3 is 0 Å². The number of benzene rings is 2. The van der Waals surface area contributed by atoms with Gasteiger partial charge in [-0.1, -0.05) is 57.5 Å². The molecule has 4 rings (SSSR count). The van der Waals surface area contributed by atoms with Crippen molar-refractivity contribution >= 4 is 11.6 Å². The third-order valence-electron chi connectivity index (χ3n) is 5.93. The van der Waals surface area contributed by atoms with Crippen molar-refractivity contribution < 1.29 is 9.53 Å². The summed E-state index contributed by atoms with van der Waals surface area (Å²) in [5, 5.41) is 11.9. The largest absolute Gasteiger partial charge is 0.483 e. The molecule has 3 aromatic rings. The lowest BCUT2D eigenvalue weighted by Crippen LogP contribution is -2.22. The molecule has 0 aliphatic carbocycles. The van der Waals surface area contributed by atoms with Crippen LogP contribution in [0, 0.1) is 6.92 Å². The SMILES string of the molecule is Cc1ccc(-c2nnc3n2CCCCC3)cc1NC(=O)COc1ccccc1C(C)(C)C. The fourth-order valence-electron chi connectivity index (χ4n) is 4.14. The van der Waals surface area contributed by atoms with Crippen LogP contribution in [0.25, 0.3) is 11.4 Å². The lowest BCUT2D eigenvalue weighted by atomic mass is 9.86. The predicted molar refractivity (Wildman–Crippen MR) is 127 cm³/mol. The number of rotatable bonds is 5. The van der Waals surface area contributed by atoms with Crippen molar-refractivity contribution in [2.45, 2.75) is 65.3 Å². The predicted octanol–water partition coefficient (Wildman–Crippen LogP) is 5.29. The molecule has 6 nitrogen and oxygen atoms in total. The van der Waals surface area contributed by atoms with Gasteiger partial charge in [-0.05, 0) is 48.4 Å². The zero-order chi connectivity index (χ0) is 22.7. The van der Waals surface area contributed by atoms with Crippen LogP contribution in [0.4, 0.5) is 5.69 Å². The minimum atomic E-state index is -0.186. The summed E-state index contributed by atoms with van der Waals surface area (Å²) in [6.07, 6.45) is 4.48. The molecule has 1 aliphatic rings. The van der Waals surface area contributed by atoms with Crippen LogP contribution >= 0.6 is 0 Å². The van der Waals surface area contributed by atoms with E-state index in [0.717, 1.165) is 65.6 Å². The van der Waals surface area contributed by atoms with E-state index in [9.17, 15) is 4.79 Å². The number of fused-ring (bicyclic) bond motifs is 1. The number of ether oxygens (including phenoxy) is 1. The quantitative estimate of drug-likeness (QED) is 0.594. The summed E-state index contributed by atoms with van der Waals surface area (Å²) >= 11 is 0. The Morgan fingerprint density at radius 3 is 2.72 bits per heavy atom. The molecule has 168 valence electrons. The summed E-state index contributed by atoms with van der Waals surface area (Å²) < 4.78 is 8.11. The topological polar surface area (TPSA) is 69.0 Å². The Bertz CT molecular complexity index is 1110. The Labute approximate surface area is 190 Å². The second-order valence-corrected chi connectivity index (χ2v) is 9.51. The number of carbonyl (C=O) groups is 1. The second-order valence-electron chi connectivity index (χ2n) is 9.51. The Hall–Kier alpha value is -3.15. The van der Waals surface area contributed by atoms with E-state index < -0.39 is 0 Å². The van der Waals surface area contributed by atoms with Crippen LogP contribution in [0.3, 0.4) is 0 Å².